The predicted octanol–water partition coefficient (Wildman–Crippen LogP) is -0.248. The Balaban J connectivity index is 2.96. The number of rotatable bonds is 5. The van der Waals surface area contributed by atoms with Gasteiger partial charge in [0, 0.05) is 0 Å². The monoisotopic (exact) mass is 298 g/mol. The zero-order chi connectivity index (χ0) is 15.0. The Labute approximate surface area is 112 Å². The second-order valence-corrected chi connectivity index (χ2v) is 7.21. The van der Waals surface area contributed by atoms with Crippen LogP contribution in [0, 0.1) is 0 Å². The molecule has 0 saturated carbocycles. The van der Waals surface area contributed by atoms with E-state index in [1.165, 1.54) is 14.8 Å². The first-order valence-electron chi connectivity index (χ1n) is 6.24. The molecule has 19 heavy (non-hydrogen) atoms. The van der Waals surface area contributed by atoms with Crippen LogP contribution in [0.25, 0.3) is 0 Å². The molecule has 1 aliphatic rings. The topological polar surface area (TPSA) is 96.2 Å². The van der Waals surface area contributed by atoms with Crippen molar-refractivity contribution in [2.24, 2.45) is 0 Å². The van der Waals surface area contributed by atoms with Crippen molar-refractivity contribution in [2.45, 2.75) is 63.0 Å². The summed E-state index contributed by atoms with van der Waals surface area (Å²) in [7, 11) is -2.81. The largest absolute Gasteiger partial charge is 0.387 e. The molecule has 1 rings (SSSR count). The standard InChI is InChI=1S/C10H21BFO6P/c1-4-10(3,18-19(15,16)5(2)13)8-7(14)6(12)9(11)17-8/h5-9,13-14H,4,11H2,1-3H3,(H,15,16)/t5?,6-,7+,8+,9-,10?/m1/s1. The molecule has 6 nitrogen and oxygen atoms in total. The zero-order valence-corrected chi connectivity index (χ0v) is 12.4. The summed E-state index contributed by atoms with van der Waals surface area (Å²) in [5, 5.41) is 19.1. The van der Waals surface area contributed by atoms with Gasteiger partial charge in [-0.05, 0) is 20.3 Å². The first-order valence-corrected chi connectivity index (χ1v) is 7.88. The molecule has 3 N–H and O–H groups in total. The van der Waals surface area contributed by atoms with Gasteiger partial charge in [0.1, 0.15) is 31.8 Å². The van der Waals surface area contributed by atoms with Crippen molar-refractivity contribution >= 4 is 15.4 Å². The van der Waals surface area contributed by atoms with Gasteiger partial charge in [-0.1, -0.05) is 6.92 Å². The Kier molecular flexibility index (Phi) is 5.21. The molecule has 0 aromatic rings. The number of alkyl halides is 1. The van der Waals surface area contributed by atoms with Gasteiger partial charge in [-0.2, -0.15) is 0 Å². The molecule has 1 fully saturated rings. The normalized spacial score (nSPS) is 39.5. The number of ether oxygens (including phenoxy) is 1. The highest BCUT2D eigenvalue weighted by atomic mass is 31.2. The highest BCUT2D eigenvalue weighted by molar-refractivity contribution is 7.53. The highest BCUT2D eigenvalue weighted by Crippen LogP contribution is 2.52. The van der Waals surface area contributed by atoms with E-state index in [9.17, 15) is 24.1 Å². The third-order valence-corrected chi connectivity index (χ3v) is 5.18. The molecule has 0 bridgehead atoms. The van der Waals surface area contributed by atoms with E-state index in [0.717, 1.165) is 6.92 Å². The van der Waals surface area contributed by atoms with E-state index in [4.69, 9.17) is 9.26 Å². The summed E-state index contributed by atoms with van der Waals surface area (Å²) in [4.78, 5) is 9.59. The fourth-order valence-corrected chi connectivity index (χ4v) is 3.01. The Bertz CT molecular complexity index is 370. The molecule has 0 aliphatic carbocycles. The molecule has 9 heteroatoms. The van der Waals surface area contributed by atoms with Crippen LogP contribution in [-0.4, -0.2) is 58.8 Å². The van der Waals surface area contributed by atoms with Gasteiger partial charge in [0.05, 0.1) is 6.00 Å². The number of aliphatic hydroxyl groups excluding tert-OH is 2. The zero-order valence-electron chi connectivity index (χ0n) is 11.5. The van der Waals surface area contributed by atoms with Crippen molar-refractivity contribution in [3.63, 3.8) is 0 Å². The predicted molar refractivity (Wildman–Crippen MR) is 69.4 cm³/mol. The number of hydrogen-bond acceptors (Lipinski definition) is 5. The molecule has 1 aliphatic heterocycles. The van der Waals surface area contributed by atoms with Crippen molar-refractivity contribution < 1.29 is 33.3 Å². The maximum atomic E-state index is 13.6. The Morgan fingerprint density at radius 1 is 1.63 bits per heavy atom. The fraction of sp³-hybridized carbons (Fsp3) is 1.00. The molecular formula is C10H21BFO6P. The molecule has 0 amide bonds. The lowest BCUT2D eigenvalue weighted by molar-refractivity contribution is -0.104. The first kappa shape index (κ1) is 17.1. The van der Waals surface area contributed by atoms with Gasteiger partial charge in [0.15, 0.2) is 5.85 Å². The quantitative estimate of drug-likeness (QED) is 0.478. The maximum absolute atomic E-state index is 13.6. The molecule has 7 atom stereocenters. The van der Waals surface area contributed by atoms with Crippen LogP contribution in [0.15, 0.2) is 0 Å². The van der Waals surface area contributed by atoms with Crippen LogP contribution in [0.5, 0.6) is 0 Å². The SMILES string of the molecule is B[C@@H]1O[C@H](C(C)(CC)OP(=O)(O)C(C)O)[C@@H](O)[C@H]1F. The molecule has 112 valence electrons. The first-order chi connectivity index (χ1) is 8.55. The van der Waals surface area contributed by atoms with Crippen molar-refractivity contribution in [3.8, 4) is 0 Å². The lowest BCUT2D eigenvalue weighted by Crippen LogP contribution is -2.48. The minimum Gasteiger partial charge on any atom is -0.387 e. The number of halogens is 1. The van der Waals surface area contributed by atoms with Crippen molar-refractivity contribution in [3.05, 3.63) is 0 Å². The Morgan fingerprint density at radius 2 is 2.16 bits per heavy atom. The molecular weight excluding hydrogens is 277 g/mol. The van der Waals surface area contributed by atoms with Crippen LogP contribution in [0.4, 0.5) is 4.39 Å². The molecule has 3 unspecified atom stereocenters. The average Bonchev–Trinajstić information content (AvgIpc) is 2.56. The van der Waals surface area contributed by atoms with Gasteiger partial charge >= 0.3 is 7.60 Å². The fourth-order valence-electron chi connectivity index (χ4n) is 2.03. The second kappa shape index (κ2) is 5.80. The molecule has 1 saturated heterocycles. The minimum atomic E-state index is -4.28. The van der Waals surface area contributed by atoms with Gasteiger partial charge in [0.2, 0.25) is 0 Å². The third-order valence-electron chi connectivity index (χ3n) is 3.56. The Hall–Kier alpha value is 0.0249. The lowest BCUT2D eigenvalue weighted by Gasteiger charge is -2.37. The van der Waals surface area contributed by atoms with E-state index in [2.05, 4.69) is 0 Å². The van der Waals surface area contributed by atoms with E-state index in [1.54, 1.807) is 6.92 Å². The van der Waals surface area contributed by atoms with Crippen LogP contribution in [0.2, 0.25) is 0 Å². The summed E-state index contributed by atoms with van der Waals surface area (Å²) in [5.74, 6) is -1.57. The smallest absolute Gasteiger partial charge is 0.356 e. The molecule has 0 spiro atoms. The molecule has 1 heterocycles. The van der Waals surface area contributed by atoms with Gasteiger partial charge in [0.25, 0.3) is 0 Å². The second-order valence-electron chi connectivity index (χ2n) is 5.15. The summed E-state index contributed by atoms with van der Waals surface area (Å²) < 4.78 is 35.8. The van der Waals surface area contributed by atoms with E-state index < -0.39 is 43.4 Å². The van der Waals surface area contributed by atoms with Crippen LogP contribution < -0.4 is 0 Å². The van der Waals surface area contributed by atoms with Gasteiger partial charge in [-0.25, -0.2) is 4.39 Å². The average molecular weight is 298 g/mol. The van der Waals surface area contributed by atoms with E-state index in [1.807, 2.05) is 0 Å². The van der Waals surface area contributed by atoms with E-state index in [0.29, 0.717) is 0 Å². The van der Waals surface area contributed by atoms with Gasteiger partial charge < -0.3 is 19.8 Å². The lowest BCUT2D eigenvalue weighted by atomic mass is 9.89. The van der Waals surface area contributed by atoms with E-state index >= 15 is 0 Å². The van der Waals surface area contributed by atoms with Crippen molar-refractivity contribution in [1.29, 1.82) is 0 Å². The molecule has 0 aromatic heterocycles. The van der Waals surface area contributed by atoms with Crippen molar-refractivity contribution in [2.75, 3.05) is 0 Å². The molecule has 0 radical (unpaired) electrons. The Morgan fingerprint density at radius 3 is 2.47 bits per heavy atom. The number of aliphatic hydroxyl groups is 2. The van der Waals surface area contributed by atoms with E-state index in [-0.39, 0.29) is 6.42 Å². The summed E-state index contributed by atoms with van der Waals surface area (Å²) >= 11 is 0. The third kappa shape index (κ3) is 3.38. The van der Waals surface area contributed by atoms with Crippen LogP contribution >= 0.6 is 7.60 Å². The van der Waals surface area contributed by atoms with Crippen LogP contribution in [-0.2, 0) is 13.8 Å². The molecule has 0 aromatic carbocycles. The minimum absolute atomic E-state index is 0.214. The van der Waals surface area contributed by atoms with Crippen molar-refractivity contribution in [1.82, 2.24) is 0 Å². The summed E-state index contributed by atoms with van der Waals surface area (Å²) in [6.45, 7) is 4.24. The van der Waals surface area contributed by atoms with Gasteiger partial charge in [-0.3, -0.25) is 9.09 Å². The summed E-state index contributed by atoms with van der Waals surface area (Å²) in [5.41, 5.74) is -1.37. The summed E-state index contributed by atoms with van der Waals surface area (Å²) in [6.07, 6.45) is -3.87. The van der Waals surface area contributed by atoms with Crippen LogP contribution in [0.1, 0.15) is 27.2 Å². The van der Waals surface area contributed by atoms with Gasteiger partial charge in [-0.15, -0.1) is 0 Å². The highest BCUT2D eigenvalue weighted by Gasteiger charge is 2.53. The summed E-state index contributed by atoms with van der Waals surface area (Å²) in [6, 6.07) is -0.820. The maximum Gasteiger partial charge on any atom is 0.356 e. The number of hydrogen-bond donors (Lipinski definition) is 3. The van der Waals surface area contributed by atoms with Crippen LogP contribution in [0.3, 0.4) is 0 Å².